The molecule has 0 spiro atoms. The second-order valence-corrected chi connectivity index (χ2v) is 5.16. The molecule has 0 saturated heterocycles. The van der Waals surface area contributed by atoms with Crippen LogP contribution in [-0.2, 0) is 13.2 Å². The summed E-state index contributed by atoms with van der Waals surface area (Å²) in [5.74, 6) is 0.814. The zero-order chi connectivity index (χ0) is 13.0. The van der Waals surface area contributed by atoms with Crippen LogP contribution in [0.25, 0.3) is 0 Å². The molecule has 4 heteroatoms. The van der Waals surface area contributed by atoms with Crippen LogP contribution in [0.3, 0.4) is 0 Å². The van der Waals surface area contributed by atoms with E-state index in [9.17, 15) is 0 Å². The first kappa shape index (κ1) is 13.4. The molecular formula is C14H13BrClNO. The van der Waals surface area contributed by atoms with Crippen LogP contribution < -0.4 is 10.5 Å². The normalized spacial score (nSPS) is 10.4. The van der Waals surface area contributed by atoms with Crippen molar-refractivity contribution in [3.63, 3.8) is 0 Å². The van der Waals surface area contributed by atoms with Gasteiger partial charge in [0.05, 0.1) is 0 Å². The van der Waals surface area contributed by atoms with Crippen LogP contribution in [0, 0.1) is 0 Å². The predicted octanol–water partition coefficient (Wildman–Crippen LogP) is 4.14. The van der Waals surface area contributed by atoms with Gasteiger partial charge in [-0.1, -0.05) is 45.7 Å². The summed E-state index contributed by atoms with van der Waals surface area (Å²) >= 11 is 9.29. The fourth-order valence-corrected chi connectivity index (χ4v) is 2.18. The van der Waals surface area contributed by atoms with Crippen molar-refractivity contribution in [3.05, 3.63) is 63.1 Å². The van der Waals surface area contributed by atoms with Gasteiger partial charge in [-0.05, 0) is 35.4 Å². The summed E-state index contributed by atoms with van der Waals surface area (Å²) in [6.07, 6.45) is 0. The monoisotopic (exact) mass is 325 g/mol. The van der Waals surface area contributed by atoms with Gasteiger partial charge in [0, 0.05) is 16.0 Å². The molecule has 0 aliphatic rings. The first-order valence-electron chi connectivity index (χ1n) is 5.55. The maximum Gasteiger partial charge on any atom is 0.120 e. The lowest BCUT2D eigenvalue weighted by Crippen LogP contribution is -1.99. The van der Waals surface area contributed by atoms with Gasteiger partial charge in [0.25, 0.3) is 0 Å². The molecule has 2 aromatic rings. The van der Waals surface area contributed by atoms with E-state index in [1.54, 1.807) is 0 Å². The molecule has 0 aliphatic carbocycles. The van der Waals surface area contributed by atoms with Gasteiger partial charge in [-0.25, -0.2) is 0 Å². The number of hydrogen-bond acceptors (Lipinski definition) is 2. The van der Waals surface area contributed by atoms with E-state index in [2.05, 4.69) is 15.9 Å². The van der Waals surface area contributed by atoms with E-state index in [0.29, 0.717) is 13.2 Å². The minimum atomic E-state index is 0.512. The lowest BCUT2D eigenvalue weighted by atomic mass is 10.2. The first-order valence-corrected chi connectivity index (χ1v) is 6.72. The van der Waals surface area contributed by atoms with Crippen LogP contribution in [0.1, 0.15) is 11.1 Å². The third-order valence-corrected chi connectivity index (χ3v) is 3.55. The molecule has 2 aromatic carbocycles. The summed E-state index contributed by atoms with van der Waals surface area (Å²) in [6, 6.07) is 13.4. The van der Waals surface area contributed by atoms with Crippen molar-refractivity contribution in [2.45, 2.75) is 13.2 Å². The highest BCUT2D eigenvalue weighted by Gasteiger charge is 2.01. The molecule has 0 bridgehead atoms. The minimum absolute atomic E-state index is 0.512. The van der Waals surface area contributed by atoms with Crippen LogP contribution in [-0.4, -0.2) is 0 Å². The Morgan fingerprint density at radius 1 is 1.11 bits per heavy atom. The summed E-state index contributed by atoms with van der Waals surface area (Å²) in [5.41, 5.74) is 7.74. The van der Waals surface area contributed by atoms with E-state index in [1.807, 2.05) is 42.5 Å². The Labute approximate surface area is 120 Å². The number of hydrogen-bond donors (Lipinski definition) is 1. The van der Waals surface area contributed by atoms with E-state index < -0.39 is 0 Å². The number of halogens is 2. The Bertz CT molecular complexity index is 528. The average molecular weight is 327 g/mol. The molecule has 0 fully saturated rings. The lowest BCUT2D eigenvalue weighted by Gasteiger charge is -2.08. The quantitative estimate of drug-likeness (QED) is 0.916. The molecule has 94 valence electrons. The molecule has 18 heavy (non-hydrogen) atoms. The van der Waals surface area contributed by atoms with Gasteiger partial charge in [-0.2, -0.15) is 0 Å². The van der Waals surface area contributed by atoms with Gasteiger partial charge >= 0.3 is 0 Å². The van der Waals surface area contributed by atoms with Crippen molar-refractivity contribution < 1.29 is 4.74 Å². The Kier molecular flexibility index (Phi) is 4.64. The highest BCUT2D eigenvalue weighted by atomic mass is 79.9. The van der Waals surface area contributed by atoms with Crippen molar-refractivity contribution in [1.29, 1.82) is 0 Å². The highest BCUT2D eigenvalue weighted by Crippen LogP contribution is 2.23. The summed E-state index contributed by atoms with van der Waals surface area (Å²) < 4.78 is 6.67. The molecule has 0 radical (unpaired) electrons. The molecule has 0 aliphatic heterocycles. The molecule has 0 saturated carbocycles. The van der Waals surface area contributed by atoms with Crippen molar-refractivity contribution in [2.75, 3.05) is 0 Å². The molecule has 0 heterocycles. The SMILES string of the molecule is NCc1ccc(OCc2ccc(Cl)cc2)cc1Br. The Balaban J connectivity index is 2.02. The van der Waals surface area contributed by atoms with Crippen LogP contribution in [0.15, 0.2) is 46.9 Å². The van der Waals surface area contributed by atoms with Crippen LogP contribution in [0.4, 0.5) is 0 Å². The predicted molar refractivity (Wildman–Crippen MR) is 77.8 cm³/mol. The standard InChI is InChI=1S/C14H13BrClNO/c15-14-7-13(6-3-11(14)8-17)18-9-10-1-4-12(16)5-2-10/h1-7H,8-9,17H2. The van der Waals surface area contributed by atoms with Gasteiger partial charge in [0.15, 0.2) is 0 Å². The molecule has 2 N–H and O–H groups in total. The number of nitrogens with two attached hydrogens (primary N) is 1. The smallest absolute Gasteiger partial charge is 0.120 e. The van der Waals surface area contributed by atoms with E-state index in [1.165, 1.54) is 0 Å². The number of benzene rings is 2. The van der Waals surface area contributed by atoms with E-state index in [-0.39, 0.29) is 0 Å². The molecule has 0 unspecified atom stereocenters. The van der Waals surface area contributed by atoms with Crippen molar-refractivity contribution in [2.24, 2.45) is 5.73 Å². The van der Waals surface area contributed by atoms with E-state index in [0.717, 1.165) is 26.4 Å². The van der Waals surface area contributed by atoms with Crippen LogP contribution in [0.2, 0.25) is 5.02 Å². The summed E-state index contributed by atoms with van der Waals surface area (Å²) in [7, 11) is 0. The fraction of sp³-hybridized carbons (Fsp3) is 0.143. The van der Waals surface area contributed by atoms with Gasteiger partial charge in [-0.3, -0.25) is 0 Å². The van der Waals surface area contributed by atoms with Crippen LogP contribution in [0.5, 0.6) is 5.75 Å². The zero-order valence-electron chi connectivity index (χ0n) is 9.70. The molecule has 2 rings (SSSR count). The molecular weight excluding hydrogens is 314 g/mol. The number of ether oxygens (including phenoxy) is 1. The molecule has 2 nitrogen and oxygen atoms in total. The van der Waals surface area contributed by atoms with Crippen molar-refractivity contribution >= 4 is 27.5 Å². The first-order chi connectivity index (χ1) is 8.69. The summed E-state index contributed by atoms with van der Waals surface area (Å²) in [6.45, 7) is 1.03. The van der Waals surface area contributed by atoms with E-state index in [4.69, 9.17) is 22.1 Å². The van der Waals surface area contributed by atoms with E-state index >= 15 is 0 Å². The topological polar surface area (TPSA) is 35.2 Å². The van der Waals surface area contributed by atoms with Crippen molar-refractivity contribution in [3.8, 4) is 5.75 Å². The minimum Gasteiger partial charge on any atom is -0.489 e. The Hall–Kier alpha value is -1.03. The van der Waals surface area contributed by atoms with Crippen LogP contribution >= 0.6 is 27.5 Å². The fourth-order valence-electron chi connectivity index (χ4n) is 1.53. The van der Waals surface area contributed by atoms with Gasteiger partial charge in [0.1, 0.15) is 12.4 Å². The Morgan fingerprint density at radius 3 is 2.44 bits per heavy atom. The van der Waals surface area contributed by atoms with Gasteiger partial charge < -0.3 is 10.5 Å². The lowest BCUT2D eigenvalue weighted by molar-refractivity contribution is 0.306. The maximum absolute atomic E-state index is 5.82. The Morgan fingerprint density at radius 2 is 1.83 bits per heavy atom. The van der Waals surface area contributed by atoms with Crippen molar-refractivity contribution in [1.82, 2.24) is 0 Å². The maximum atomic E-state index is 5.82. The third-order valence-electron chi connectivity index (χ3n) is 2.56. The van der Waals surface area contributed by atoms with Gasteiger partial charge in [-0.15, -0.1) is 0 Å². The number of rotatable bonds is 4. The average Bonchev–Trinajstić information content (AvgIpc) is 2.38. The second-order valence-electron chi connectivity index (χ2n) is 3.87. The molecule has 0 atom stereocenters. The largest absolute Gasteiger partial charge is 0.489 e. The highest BCUT2D eigenvalue weighted by molar-refractivity contribution is 9.10. The molecule has 0 aromatic heterocycles. The second kappa shape index (κ2) is 6.23. The van der Waals surface area contributed by atoms with Gasteiger partial charge in [0.2, 0.25) is 0 Å². The third kappa shape index (κ3) is 3.48. The zero-order valence-corrected chi connectivity index (χ0v) is 12.0. The summed E-state index contributed by atoms with van der Waals surface area (Å²) in [5, 5.41) is 0.730. The summed E-state index contributed by atoms with van der Waals surface area (Å²) in [4.78, 5) is 0. The molecule has 0 amide bonds.